The van der Waals surface area contributed by atoms with Crippen LogP contribution in [0.5, 0.6) is 5.75 Å². The molecular weight excluding hydrogens is 325 g/mol. The zero-order chi connectivity index (χ0) is 18.4. The number of carbonyl (C=O) groups excluding carboxylic acids is 2. The third-order valence-corrected chi connectivity index (χ3v) is 3.77. The molecule has 0 fully saturated rings. The highest BCUT2D eigenvalue weighted by atomic mass is 19.1. The number of para-hydroxylation sites is 1. The molecule has 2 rings (SSSR count). The summed E-state index contributed by atoms with van der Waals surface area (Å²) < 4.78 is 23.9. The van der Waals surface area contributed by atoms with Gasteiger partial charge in [0.15, 0.2) is 17.7 Å². The molecule has 5 nitrogen and oxygen atoms in total. The molecule has 2 aromatic carbocycles. The standard InChI is InChI=1S/C19H20FNO4/c1-4-16(25-17-11-6-5-9-14(17)20)18(22)21-15-10-7-8-13(12(15)2)19(23)24-3/h5-11,16H,4H2,1-3H3,(H,21,22)/t16-/m1/s1. The molecule has 0 radical (unpaired) electrons. The zero-order valence-corrected chi connectivity index (χ0v) is 14.3. The van der Waals surface area contributed by atoms with Gasteiger partial charge >= 0.3 is 5.97 Å². The molecule has 0 saturated heterocycles. The fourth-order valence-electron chi connectivity index (χ4n) is 2.33. The SMILES string of the molecule is CC[C@@H](Oc1ccccc1F)C(=O)Nc1cccc(C(=O)OC)c1C. The van der Waals surface area contributed by atoms with E-state index < -0.39 is 23.8 Å². The third-order valence-electron chi connectivity index (χ3n) is 3.77. The number of methoxy groups -OCH3 is 1. The lowest BCUT2D eigenvalue weighted by atomic mass is 10.1. The van der Waals surface area contributed by atoms with Gasteiger partial charge in [0, 0.05) is 5.69 Å². The number of benzene rings is 2. The number of hydrogen-bond donors (Lipinski definition) is 1. The average Bonchev–Trinajstić information content (AvgIpc) is 2.62. The van der Waals surface area contributed by atoms with E-state index in [1.165, 1.54) is 19.2 Å². The summed E-state index contributed by atoms with van der Waals surface area (Å²) in [5.41, 5.74) is 1.43. The molecule has 0 aromatic heterocycles. The highest BCUT2D eigenvalue weighted by molar-refractivity contribution is 5.98. The van der Waals surface area contributed by atoms with E-state index in [9.17, 15) is 14.0 Å². The number of rotatable bonds is 6. The second kappa shape index (κ2) is 8.28. The first-order valence-corrected chi connectivity index (χ1v) is 7.87. The second-order valence-electron chi connectivity index (χ2n) is 5.40. The van der Waals surface area contributed by atoms with Gasteiger partial charge in [0.25, 0.3) is 5.91 Å². The molecule has 0 saturated carbocycles. The molecule has 0 spiro atoms. The average molecular weight is 345 g/mol. The Hall–Kier alpha value is -2.89. The lowest BCUT2D eigenvalue weighted by Crippen LogP contribution is -2.33. The summed E-state index contributed by atoms with van der Waals surface area (Å²) in [6, 6.07) is 10.9. The molecule has 2 aromatic rings. The summed E-state index contributed by atoms with van der Waals surface area (Å²) in [7, 11) is 1.29. The van der Waals surface area contributed by atoms with Crippen molar-refractivity contribution >= 4 is 17.6 Å². The van der Waals surface area contributed by atoms with Crippen LogP contribution in [0.1, 0.15) is 29.3 Å². The molecule has 0 aliphatic heterocycles. The maximum absolute atomic E-state index is 13.7. The van der Waals surface area contributed by atoms with Crippen LogP contribution in [0.4, 0.5) is 10.1 Å². The molecular formula is C19H20FNO4. The summed E-state index contributed by atoms with van der Waals surface area (Å²) in [4.78, 5) is 24.2. The molecule has 1 atom stereocenters. The number of nitrogens with one attached hydrogen (secondary N) is 1. The number of ether oxygens (including phenoxy) is 2. The summed E-state index contributed by atoms with van der Waals surface area (Å²) >= 11 is 0. The summed E-state index contributed by atoms with van der Waals surface area (Å²) in [5, 5.41) is 2.73. The van der Waals surface area contributed by atoms with Crippen LogP contribution >= 0.6 is 0 Å². The summed E-state index contributed by atoms with van der Waals surface area (Å²) in [6.45, 7) is 3.48. The van der Waals surface area contributed by atoms with Crippen molar-refractivity contribution in [1.29, 1.82) is 0 Å². The molecule has 0 aliphatic rings. The zero-order valence-electron chi connectivity index (χ0n) is 14.3. The fourth-order valence-corrected chi connectivity index (χ4v) is 2.33. The number of anilines is 1. The lowest BCUT2D eigenvalue weighted by Gasteiger charge is -2.19. The second-order valence-corrected chi connectivity index (χ2v) is 5.40. The van der Waals surface area contributed by atoms with Crippen molar-refractivity contribution in [2.75, 3.05) is 12.4 Å². The molecule has 0 unspecified atom stereocenters. The largest absolute Gasteiger partial charge is 0.478 e. The van der Waals surface area contributed by atoms with Crippen molar-refractivity contribution in [2.24, 2.45) is 0 Å². The van der Waals surface area contributed by atoms with Gasteiger partial charge in [-0.2, -0.15) is 0 Å². The predicted octanol–water partition coefficient (Wildman–Crippen LogP) is 3.72. The van der Waals surface area contributed by atoms with Crippen LogP contribution < -0.4 is 10.1 Å². The minimum Gasteiger partial charge on any atom is -0.478 e. The van der Waals surface area contributed by atoms with Gasteiger partial charge in [-0.15, -0.1) is 0 Å². The van der Waals surface area contributed by atoms with Crippen molar-refractivity contribution in [3.63, 3.8) is 0 Å². The highest BCUT2D eigenvalue weighted by Gasteiger charge is 2.21. The molecule has 0 aliphatic carbocycles. The van der Waals surface area contributed by atoms with Crippen molar-refractivity contribution in [3.05, 3.63) is 59.4 Å². The van der Waals surface area contributed by atoms with Gasteiger partial charge in [0.05, 0.1) is 12.7 Å². The van der Waals surface area contributed by atoms with Gasteiger partial charge in [0.2, 0.25) is 0 Å². The van der Waals surface area contributed by atoms with Gasteiger partial charge in [0.1, 0.15) is 0 Å². The Kier molecular flexibility index (Phi) is 6.11. The van der Waals surface area contributed by atoms with Crippen molar-refractivity contribution in [2.45, 2.75) is 26.4 Å². The predicted molar refractivity (Wildman–Crippen MR) is 92.3 cm³/mol. The van der Waals surface area contributed by atoms with E-state index in [4.69, 9.17) is 9.47 Å². The topological polar surface area (TPSA) is 64.6 Å². The molecule has 25 heavy (non-hydrogen) atoms. The van der Waals surface area contributed by atoms with Crippen LogP contribution in [-0.4, -0.2) is 25.1 Å². The van der Waals surface area contributed by atoms with Gasteiger partial charge in [-0.05, 0) is 43.2 Å². The fraction of sp³-hybridized carbons (Fsp3) is 0.263. The van der Waals surface area contributed by atoms with Crippen LogP contribution in [0, 0.1) is 12.7 Å². The maximum Gasteiger partial charge on any atom is 0.338 e. The van der Waals surface area contributed by atoms with Crippen LogP contribution in [0.3, 0.4) is 0 Å². The minimum atomic E-state index is -0.863. The van der Waals surface area contributed by atoms with Crippen LogP contribution in [0.2, 0.25) is 0 Å². The summed E-state index contributed by atoms with van der Waals surface area (Å²) in [6.07, 6.45) is -0.506. The maximum atomic E-state index is 13.7. The Balaban J connectivity index is 2.17. The van der Waals surface area contributed by atoms with Crippen LogP contribution in [0.25, 0.3) is 0 Å². The molecule has 6 heteroatoms. The van der Waals surface area contributed by atoms with Gasteiger partial charge < -0.3 is 14.8 Å². The summed E-state index contributed by atoms with van der Waals surface area (Å²) in [5.74, 6) is -1.42. The first-order valence-electron chi connectivity index (χ1n) is 7.87. The molecule has 1 N–H and O–H groups in total. The molecule has 132 valence electrons. The Morgan fingerprint density at radius 3 is 2.52 bits per heavy atom. The monoisotopic (exact) mass is 345 g/mol. The number of carbonyl (C=O) groups is 2. The van der Waals surface area contributed by atoms with E-state index in [2.05, 4.69) is 5.32 Å². The lowest BCUT2D eigenvalue weighted by molar-refractivity contribution is -0.122. The van der Waals surface area contributed by atoms with E-state index in [0.717, 1.165) is 0 Å². The quantitative estimate of drug-likeness (QED) is 0.811. The third kappa shape index (κ3) is 4.35. The van der Waals surface area contributed by atoms with Crippen LogP contribution in [-0.2, 0) is 9.53 Å². The van der Waals surface area contributed by atoms with E-state index >= 15 is 0 Å². The number of esters is 1. The van der Waals surface area contributed by atoms with E-state index in [1.807, 2.05) is 0 Å². The molecule has 0 bridgehead atoms. The molecule has 1 amide bonds. The Morgan fingerprint density at radius 2 is 1.88 bits per heavy atom. The first kappa shape index (κ1) is 18.4. The van der Waals surface area contributed by atoms with Gasteiger partial charge in [-0.25, -0.2) is 9.18 Å². The highest BCUT2D eigenvalue weighted by Crippen LogP contribution is 2.22. The first-order chi connectivity index (χ1) is 12.0. The van der Waals surface area contributed by atoms with Crippen LogP contribution in [0.15, 0.2) is 42.5 Å². The normalized spacial score (nSPS) is 11.5. The number of amides is 1. The molecule has 0 heterocycles. The van der Waals surface area contributed by atoms with Gasteiger partial charge in [-0.3, -0.25) is 4.79 Å². The van der Waals surface area contributed by atoms with Crippen molar-refractivity contribution in [1.82, 2.24) is 0 Å². The van der Waals surface area contributed by atoms with Crippen molar-refractivity contribution < 1.29 is 23.5 Å². The van der Waals surface area contributed by atoms with Gasteiger partial charge in [-0.1, -0.05) is 25.1 Å². The van der Waals surface area contributed by atoms with E-state index in [-0.39, 0.29) is 5.75 Å². The van der Waals surface area contributed by atoms with E-state index in [1.54, 1.807) is 44.2 Å². The van der Waals surface area contributed by atoms with E-state index in [0.29, 0.717) is 23.2 Å². The Labute approximate surface area is 145 Å². The number of halogens is 1. The number of hydrogen-bond acceptors (Lipinski definition) is 4. The van der Waals surface area contributed by atoms with Crippen molar-refractivity contribution in [3.8, 4) is 5.75 Å². The minimum absolute atomic E-state index is 0.0181. The Bertz CT molecular complexity index is 776. The Morgan fingerprint density at radius 1 is 1.16 bits per heavy atom. The smallest absolute Gasteiger partial charge is 0.338 e.